The SMILES string of the molecule is CC(N)CN(C)CCc1ccc2ncoc2c1. The Morgan fingerprint density at radius 1 is 1.47 bits per heavy atom. The average Bonchev–Trinajstić information content (AvgIpc) is 2.72. The second-order valence-corrected chi connectivity index (χ2v) is 4.64. The highest BCUT2D eigenvalue weighted by Gasteiger charge is 2.04. The van der Waals surface area contributed by atoms with Gasteiger partial charge in [-0.25, -0.2) is 4.98 Å². The lowest BCUT2D eigenvalue weighted by Gasteiger charge is -2.18. The van der Waals surface area contributed by atoms with Gasteiger partial charge in [0.15, 0.2) is 12.0 Å². The third-order valence-electron chi connectivity index (χ3n) is 2.78. The number of aromatic nitrogens is 1. The van der Waals surface area contributed by atoms with Gasteiger partial charge >= 0.3 is 0 Å². The van der Waals surface area contributed by atoms with Gasteiger partial charge in [0, 0.05) is 19.1 Å². The number of likely N-dealkylation sites (N-methyl/N-ethyl adjacent to an activating group) is 1. The van der Waals surface area contributed by atoms with Crippen LogP contribution in [-0.2, 0) is 6.42 Å². The van der Waals surface area contributed by atoms with Crippen LogP contribution in [0, 0.1) is 0 Å². The topological polar surface area (TPSA) is 55.3 Å². The lowest BCUT2D eigenvalue weighted by Crippen LogP contribution is -2.34. The molecular formula is C13H19N3O. The van der Waals surface area contributed by atoms with Gasteiger partial charge in [0.25, 0.3) is 0 Å². The molecule has 0 saturated carbocycles. The van der Waals surface area contributed by atoms with Gasteiger partial charge < -0.3 is 15.1 Å². The van der Waals surface area contributed by atoms with Gasteiger partial charge in [0.05, 0.1) is 0 Å². The number of oxazole rings is 1. The Kier molecular flexibility index (Phi) is 3.76. The summed E-state index contributed by atoms with van der Waals surface area (Å²) in [6, 6.07) is 6.38. The van der Waals surface area contributed by atoms with Crippen molar-refractivity contribution in [3.63, 3.8) is 0 Å². The van der Waals surface area contributed by atoms with Crippen molar-refractivity contribution in [3.8, 4) is 0 Å². The minimum atomic E-state index is 0.219. The molecule has 1 unspecified atom stereocenters. The molecule has 4 nitrogen and oxygen atoms in total. The maximum atomic E-state index is 5.76. The van der Waals surface area contributed by atoms with Crippen LogP contribution in [0.1, 0.15) is 12.5 Å². The van der Waals surface area contributed by atoms with Crippen LogP contribution in [0.15, 0.2) is 29.0 Å². The van der Waals surface area contributed by atoms with Gasteiger partial charge in [-0.15, -0.1) is 0 Å². The first-order valence-corrected chi connectivity index (χ1v) is 5.91. The first-order valence-electron chi connectivity index (χ1n) is 5.91. The molecule has 0 aliphatic rings. The van der Waals surface area contributed by atoms with Crippen LogP contribution >= 0.6 is 0 Å². The fraction of sp³-hybridized carbons (Fsp3) is 0.462. The number of benzene rings is 1. The molecular weight excluding hydrogens is 214 g/mol. The van der Waals surface area contributed by atoms with Crippen molar-refractivity contribution in [1.82, 2.24) is 9.88 Å². The Labute approximate surface area is 101 Å². The van der Waals surface area contributed by atoms with Crippen LogP contribution in [0.5, 0.6) is 0 Å². The Balaban J connectivity index is 1.94. The highest BCUT2D eigenvalue weighted by molar-refractivity contribution is 5.72. The van der Waals surface area contributed by atoms with E-state index >= 15 is 0 Å². The van der Waals surface area contributed by atoms with Crippen molar-refractivity contribution in [2.45, 2.75) is 19.4 Å². The molecule has 0 amide bonds. The number of nitrogens with zero attached hydrogens (tertiary/aromatic N) is 2. The minimum Gasteiger partial charge on any atom is -0.443 e. The van der Waals surface area contributed by atoms with Gasteiger partial charge in [-0.1, -0.05) is 6.07 Å². The number of hydrogen-bond acceptors (Lipinski definition) is 4. The highest BCUT2D eigenvalue weighted by atomic mass is 16.3. The summed E-state index contributed by atoms with van der Waals surface area (Å²) in [7, 11) is 2.09. The predicted molar refractivity (Wildman–Crippen MR) is 68.9 cm³/mol. The fourth-order valence-corrected chi connectivity index (χ4v) is 1.96. The van der Waals surface area contributed by atoms with E-state index in [-0.39, 0.29) is 6.04 Å². The molecule has 0 aliphatic heterocycles. The van der Waals surface area contributed by atoms with Gasteiger partial charge in [-0.3, -0.25) is 0 Å². The second kappa shape index (κ2) is 5.29. The highest BCUT2D eigenvalue weighted by Crippen LogP contribution is 2.14. The summed E-state index contributed by atoms with van der Waals surface area (Å²) in [4.78, 5) is 6.35. The van der Waals surface area contributed by atoms with E-state index < -0.39 is 0 Å². The zero-order chi connectivity index (χ0) is 12.3. The van der Waals surface area contributed by atoms with Crippen molar-refractivity contribution in [2.24, 2.45) is 5.73 Å². The van der Waals surface area contributed by atoms with E-state index in [2.05, 4.69) is 29.1 Å². The standard InChI is InChI=1S/C13H19N3O/c1-10(14)8-16(2)6-5-11-3-4-12-13(7-11)17-9-15-12/h3-4,7,9-10H,5-6,8,14H2,1-2H3. The number of hydrogen-bond donors (Lipinski definition) is 1. The molecule has 1 aromatic carbocycles. The molecule has 17 heavy (non-hydrogen) atoms. The van der Waals surface area contributed by atoms with Crippen molar-refractivity contribution in [1.29, 1.82) is 0 Å². The van der Waals surface area contributed by atoms with E-state index in [9.17, 15) is 0 Å². The van der Waals surface area contributed by atoms with E-state index in [0.717, 1.165) is 30.6 Å². The first kappa shape index (κ1) is 12.1. The number of nitrogens with two attached hydrogens (primary N) is 1. The molecule has 4 heteroatoms. The molecule has 1 heterocycles. The van der Waals surface area contributed by atoms with Crippen molar-refractivity contribution >= 4 is 11.1 Å². The summed E-state index contributed by atoms with van der Waals surface area (Å²) in [5.74, 6) is 0. The van der Waals surface area contributed by atoms with Crippen LogP contribution in [0.25, 0.3) is 11.1 Å². The minimum absolute atomic E-state index is 0.219. The molecule has 2 aromatic rings. The Hall–Kier alpha value is -1.39. The predicted octanol–water partition coefficient (Wildman–Crippen LogP) is 1.65. The molecule has 2 N–H and O–H groups in total. The summed E-state index contributed by atoms with van der Waals surface area (Å²) >= 11 is 0. The lowest BCUT2D eigenvalue weighted by atomic mass is 10.1. The smallest absolute Gasteiger partial charge is 0.181 e. The third kappa shape index (κ3) is 3.28. The third-order valence-corrected chi connectivity index (χ3v) is 2.78. The van der Waals surface area contributed by atoms with Crippen LogP contribution in [-0.4, -0.2) is 36.1 Å². The summed E-state index contributed by atoms with van der Waals surface area (Å²) < 4.78 is 5.29. The van der Waals surface area contributed by atoms with E-state index in [1.807, 2.05) is 13.0 Å². The van der Waals surface area contributed by atoms with Crippen molar-refractivity contribution in [3.05, 3.63) is 30.2 Å². The molecule has 0 saturated heterocycles. The molecule has 0 radical (unpaired) electrons. The van der Waals surface area contributed by atoms with E-state index in [4.69, 9.17) is 10.2 Å². The lowest BCUT2D eigenvalue weighted by molar-refractivity contribution is 0.321. The first-order chi connectivity index (χ1) is 8.15. The largest absolute Gasteiger partial charge is 0.443 e. The van der Waals surface area contributed by atoms with Gasteiger partial charge in [-0.2, -0.15) is 0 Å². The van der Waals surface area contributed by atoms with Gasteiger partial charge in [-0.05, 0) is 38.1 Å². The Morgan fingerprint density at radius 2 is 2.29 bits per heavy atom. The van der Waals surface area contributed by atoms with Crippen LogP contribution in [0.4, 0.5) is 0 Å². The molecule has 0 bridgehead atoms. The van der Waals surface area contributed by atoms with Gasteiger partial charge in [0.1, 0.15) is 5.52 Å². The Bertz CT molecular complexity index is 478. The summed E-state index contributed by atoms with van der Waals surface area (Å²) in [5, 5.41) is 0. The van der Waals surface area contributed by atoms with E-state index in [0.29, 0.717) is 0 Å². The second-order valence-electron chi connectivity index (χ2n) is 4.64. The molecule has 1 aromatic heterocycles. The molecule has 92 valence electrons. The number of rotatable bonds is 5. The molecule has 0 fully saturated rings. The summed E-state index contributed by atoms with van der Waals surface area (Å²) in [6.07, 6.45) is 2.48. The van der Waals surface area contributed by atoms with E-state index in [1.54, 1.807) is 0 Å². The van der Waals surface area contributed by atoms with Crippen molar-refractivity contribution < 1.29 is 4.42 Å². The molecule has 1 atom stereocenters. The quantitative estimate of drug-likeness (QED) is 0.853. The number of fused-ring (bicyclic) bond motifs is 1. The van der Waals surface area contributed by atoms with Gasteiger partial charge in [0.2, 0.25) is 0 Å². The maximum Gasteiger partial charge on any atom is 0.181 e. The van der Waals surface area contributed by atoms with Crippen LogP contribution in [0.3, 0.4) is 0 Å². The zero-order valence-corrected chi connectivity index (χ0v) is 10.4. The maximum absolute atomic E-state index is 5.76. The monoisotopic (exact) mass is 233 g/mol. The zero-order valence-electron chi connectivity index (χ0n) is 10.4. The average molecular weight is 233 g/mol. The normalized spacial score (nSPS) is 13.4. The van der Waals surface area contributed by atoms with Crippen LogP contribution in [0.2, 0.25) is 0 Å². The molecule has 0 aliphatic carbocycles. The summed E-state index contributed by atoms with van der Waals surface area (Å²) in [6.45, 7) is 3.95. The Morgan fingerprint density at radius 3 is 3.06 bits per heavy atom. The molecule has 0 spiro atoms. The summed E-state index contributed by atoms with van der Waals surface area (Å²) in [5.41, 5.74) is 8.80. The van der Waals surface area contributed by atoms with Crippen molar-refractivity contribution in [2.75, 3.05) is 20.1 Å². The fourth-order valence-electron chi connectivity index (χ4n) is 1.96. The molecule has 2 rings (SSSR count). The van der Waals surface area contributed by atoms with E-state index in [1.165, 1.54) is 12.0 Å². The van der Waals surface area contributed by atoms with Crippen LogP contribution < -0.4 is 5.73 Å².